The molecule has 1 aromatic carbocycles. The van der Waals surface area contributed by atoms with E-state index in [2.05, 4.69) is 44.2 Å². The van der Waals surface area contributed by atoms with Crippen LogP contribution in [0.15, 0.2) is 30.3 Å². The molecule has 3 heteroatoms. The van der Waals surface area contributed by atoms with E-state index in [0.29, 0.717) is 28.4 Å². The number of hydrogen-bond donors (Lipinski definition) is 0. The van der Waals surface area contributed by atoms with Gasteiger partial charge in [-0.3, -0.25) is 0 Å². The fourth-order valence-corrected chi connectivity index (χ4v) is 8.16. The Kier molecular flexibility index (Phi) is 5.11. The predicted molar refractivity (Wildman–Crippen MR) is 63.8 cm³/mol. The first-order chi connectivity index (χ1) is 6.17. The van der Waals surface area contributed by atoms with Crippen LogP contribution in [0.2, 0.25) is 4.44 Å². The minimum atomic E-state index is -0.821. The van der Waals surface area contributed by atoms with Crippen molar-refractivity contribution in [3.63, 3.8) is 0 Å². The van der Waals surface area contributed by atoms with Gasteiger partial charge >= 0.3 is 106 Å². The molecule has 72 valence electrons. The zero-order chi connectivity index (χ0) is 9.73. The third kappa shape index (κ3) is 3.79. The van der Waals surface area contributed by atoms with Crippen LogP contribution >= 0.6 is 0 Å². The summed E-state index contributed by atoms with van der Waals surface area (Å²) in [6.07, 6.45) is 0. The van der Waals surface area contributed by atoms with Gasteiger partial charge in [-0.2, -0.15) is 0 Å². The van der Waals surface area contributed by atoms with Gasteiger partial charge in [0.2, 0.25) is 0 Å². The second-order valence-electron chi connectivity index (χ2n) is 3.99. The van der Waals surface area contributed by atoms with Crippen molar-refractivity contribution in [1.29, 1.82) is 0 Å². The van der Waals surface area contributed by atoms with Crippen molar-refractivity contribution in [1.82, 2.24) is 0 Å². The summed E-state index contributed by atoms with van der Waals surface area (Å²) in [6, 6.07) is 10.8. The first kappa shape index (κ1) is 11.8. The van der Waals surface area contributed by atoms with E-state index in [-0.39, 0.29) is 0 Å². The standard InChI is InChI=1S/C10H13.O.2Sn.5H/c1-10(2,3)9-7-5-4-6-8-9;;;;;;;;/h4-8H,1H2,2-3H3;;;;;;;;. The molecule has 0 aliphatic heterocycles. The van der Waals surface area contributed by atoms with Gasteiger partial charge in [-0.1, -0.05) is 0 Å². The molecule has 1 nitrogen and oxygen atoms in total. The fraction of sp³-hybridized carbons (Fsp3) is 0.400. The van der Waals surface area contributed by atoms with Gasteiger partial charge in [-0.15, -0.1) is 0 Å². The molecule has 0 aliphatic rings. The van der Waals surface area contributed by atoms with Crippen LogP contribution in [-0.4, -0.2) is 44.5 Å². The summed E-state index contributed by atoms with van der Waals surface area (Å²) in [4.78, 5) is 0. The fourth-order valence-electron chi connectivity index (χ4n) is 1.39. The van der Waals surface area contributed by atoms with E-state index in [1.54, 1.807) is 0 Å². The molecule has 0 saturated carbocycles. The Morgan fingerprint density at radius 3 is 2.46 bits per heavy atom. The molecule has 0 saturated heterocycles. The van der Waals surface area contributed by atoms with Gasteiger partial charge in [0.1, 0.15) is 0 Å². The average Bonchev–Trinajstić information content (AvgIpc) is 2.16. The number of hydrogen-bond acceptors (Lipinski definition) is 1. The molecule has 13 heavy (non-hydrogen) atoms. The molecule has 0 N–H and O–H groups in total. The van der Waals surface area contributed by atoms with Gasteiger partial charge in [-0.05, 0) is 0 Å². The Bertz CT molecular complexity index is 246. The van der Waals surface area contributed by atoms with Crippen molar-refractivity contribution in [3.8, 4) is 0 Å². The van der Waals surface area contributed by atoms with Gasteiger partial charge in [0.05, 0.1) is 0 Å². The second kappa shape index (κ2) is 5.61. The summed E-state index contributed by atoms with van der Waals surface area (Å²) in [6.45, 7) is 4.65. The maximum absolute atomic E-state index is 5.52. The van der Waals surface area contributed by atoms with Gasteiger partial charge in [0, 0.05) is 0 Å². The van der Waals surface area contributed by atoms with Crippen LogP contribution in [0.25, 0.3) is 0 Å². The summed E-state index contributed by atoms with van der Waals surface area (Å²) in [5, 5.41) is 0. The van der Waals surface area contributed by atoms with E-state index in [4.69, 9.17) is 1.41 Å². The molecule has 0 atom stereocenters. The zero-order valence-electron chi connectivity index (χ0n) is 8.71. The zero-order valence-corrected chi connectivity index (χ0v) is 18.5. The third-order valence-corrected chi connectivity index (χ3v) is 15.6. The van der Waals surface area contributed by atoms with E-state index < -0.39 is 21.6 Å². The summed E-state index contributed by atoms with van der Waals surface area (Å²) < 4.78 is 6.84. The van der Waals surface area contributed by atoms with E-state index in [1.807, 2.05) is 0 Å². The molecule has 0 bridgehead atoms. The van der Waals surface area contributed by atoms with Crippen molar-refractivity contribution < 1.29 is 1.41 Å². The van der Waals surface area contributed by atoms with Gasteiger partial charge in [0.15, 0.2) is 0 Å². The Hall–Kier alpha value is 0.777. The summed E-state index contributed by atoms with van der Waals surface area (Å²) in [7, 11) is 0. The summed E-state index contributed by atoms with van der Waals surface area (Å²) in [5.41, 5.74) is 1.80. The third-order valence-electron chi connectivity index (χ3n) is 2.49. The van der Waals surface area contributed by atoms with Crippen LogP contribution in [0, 0.1) is 0 Å². The second-order valence-corrected chi connectivity index (χ2v) is 19.3. The van der Waals surface area contributed by atoms with E-state index >= 15 is 0 Å². The molecule has 0 aliphatic carbocycles. The minimum absolute atomic E-state index is 0.346. The molecule has 1 rings (SSSR count). The number of rotatable bonds is 4. The van der Waals surface area contributed by atoms with Crippen LogP contribution in [0.5, 0.6) is 0 Å². The van der Waals surface area contributed by atoms with Crippen LogP contribution < -0.4 is 0 Å². The number of benzene rings is 1. The molecule has 0 unspecified atom stereocenters. The Morgan fingerprint density at radius 2 is 1.92 bits per heavy atom. The van der Waals surface area contributed by atoms with Crippen molar-refractivity contribution in [2.75, 3.05) is 0 Å². The molecule has 1 aromatic rings. The molecular weight excluding hydrogens is 374 g/mol. The molecule has 0 fully saturated rings. The van der Waals surface area contributed by atoms with Crippen LogP contribution in [0.1, 0.15) is 19.4 Å². The molecule has 0 heterocycles. The van der Waals surface area contributed by atoms with E-state index in [1.165, 1.54) is 10.0 Å². The molecular formula is C10H18OSn2. The monoisotopic (exact) mass is 394 g/mol. The molecule has 0 aromatic heterocycles. The topological polar surface area (TPSA) is 9.23 Å². The van der Waals surface area contributed by atoms with Gasteiger partial charge in [0.25, 0.3) is 0 Å². The van der Waals surface area contributed by atoms with Crippen LogP contribution in [0.4, 0.5) is 0 Å². The molecule has 0 amide bonds. The SMILES string of the molecule is CC(C)([CH2][SnH2][O][SnH3])c1ccccc1. The normalized spacial score (nSPS) is 12.8. The van der Waals surface area contributed by atoms with Crippen molar-refractivity contribution >= 4 is 44.5 Å². The van der Waals surface area contributed by atoms with Crippen molar-refractivity contribution in [2.45, 2.75) is 23.7 Å². The van der Waals surface area contributed by atoms with Crippen LogP contribution in [-0.2, 0) is 6.83 Å². The van der Waals surface area contributed by atoms with Crippen molar-refractivity contribution in [2.24, 2.45) is 0 Å². The summed E-state index contributed by atoms with van der Waals surface area (Å²) >= 11 is -0.346. The Balaban J connectivity index is 2.69. The molecule has 0 radical (unpaired) electrons. The van der Waals surface area contributed by atoms with Gasteiger partial charge in [-0.25, -0.2) is 0 Å². The van der Waals surface area contributed by atoms with E-state index in [9.17, 15) is 0 Å². The predicted octanol–water partition coefficient (Wildman–Crippen LogP) is 0.763. The molecule has 0 spiro atoms. The maximum atomic E-state index is 5.52. The average molecular weight is 392 g/mol. The van der Waals surface area contributed by atoms with Crippen LogP contribution in [0.3, 0.4) is 0 Å². The van der Waals surface area contributed by atoms with Gasteiger partial charge < -0.3 is 0 Å². The first-order valence-electron chi connectivity index (χ1n) is 4.71. The summed E-state index contributed by atoms with van der Waals surface area (Å²) in [5.74, 6) is 0. The van der Waals surface area contributed by atoms with Crippen molar-refractivity contribution in [3.05, 3.63) is 35.9 Å². The quantitative estimate of drug-likeness (QED) is 0.689. The Labute approximate surface area is 105 Å². The van der Waals surface area contributed by atoms with E-state index in [0.717, 1.165) is 0 Å². The Morgan fingerprint density at radius 1 is 1.31 bits per heavy atom. The first-order valence-corrected chi connectivity index (χ1v) is 11.5.